The standard InChI is InChI=1S/C10H19ClO3/c1-3-4-5-6-7-9(2)14-10(12)13-8-11/h9H,3-8H2,1-2H3. The van der Waals surface area contributed by atoms with Crippen LogP contribution in [0.3, 0.4) is 0 Å². The van der Waals surface area contributed by atoms with E-state index in [1.165, 1.54) is 19.3 Å². The molecule has 0 aromatic carbocycles. The van der Waals surface area contributed by atoms with Crippen molar-refractivity contribution in [1.29, 1.82) is 0 Å². The quantitative estimate of drug-likeness (QED) is 0.374. The number of hydrogen-bond acceptors (Lipinski definition) is 3. The van der Waals surface area contributed by atoms with E-state index in [9.17, 15) is 4.79 Å². The lowest BCUT2D eigenvalue weighted by atomic mass is 10.1. The zero-order valence-electron chi connectivity index (χ0n) is 8.92. The summed E-state index contributed by atoms with van der Waals surface area (Å²) in [6.07, 6.45) is 4.85. The van der Waals surface area contributed by atoms with Crippen molar-refractivity contribution in [2.24, 2.45) is 0 Å². The minimum Gasteiger partial charge on any atom is -0.431 e. The molecule has 0 rings (SSSR count). The van der Waals surface area contributed by atoms with Crippen LogP contribution in [0.25, 0.3) is 0 Å². The van der Waals surface area contributed by atoms with Gasteiger partial charge in [0.2, 0.25) is 0 Å². The first kappa shape index (κ1) is 13.6. The molecule has 0 aromatic rings. The third-order valence-corrected chi connectivity index (χ3v) is 2.04. The summed E-state index contributed by atoms with van der Waals surface area (Å²) in [5.74, 6) is 0. The third kappa shape index (κ3) is 8.17. The molecule has 0 saturated carbocycles. The van der Waals surface area contributed by atoms with Crippen LogP contribution >= 0.6 is 11.6 Å². The van der Waals surface area contributed by atoms with Crippen molar-refractivity contribution in [3.05, 3.63) is 0 Å². The second-order valence-corrected chi connectivity index (χ2v) is 3.50. The summed E-state index contributed by atoms with van der Waals surface area (Å²) in [6.45, 7) is 4.03. The molecule has 4 heteroatoms. The van der Waals surface area contributed by atoms with E-state index < -0.39 is 6.16 Å². The van der Waals surface area contributed by atoms with Gasteiger partial charge in [0.15, 0.2) is 6.07 Å². The molecule has 14 heavy (non-hydrogen) atoms. The Kier molecular flexibility index (Phi) is 8.84. The lowest BCUT2D eigenvalue weighted by Crippen LogP contribution is -2.15. The summed E-state index contributed by atoms with van der Waals surface area (Å²) in [4.78, 5) is 10.8. The molecule has 0 aliphatic heterocycles. The number of carbonyl (C=O) groups is 1. The highest BCUT2D eigenvalue weighted by molar-refractivity contribution is 6.17. The zero-order valence-corrected chi connectivity index (χ0v) is 9.68. The fraction of sp³-hybridized carbons (Fsp3) is 0.900. The van der Waals surface area contributed by atoms with E-state index in [0.29, 0.717) is 0 Å². The Morgan fingerprint density at radius 3 is 2.64 bits per heavy atom. The van der Waals surface area contributed by atoms with Crippen LogP contribution in [0.2, 0.25) is 0 Å². The van der Waals surface area contributed by atoms with Crippen LogP contribution in [0, 0.1) is 0 Å². The normalized spacial score (nSPS) is 12.2. The molecular weight excluding hydrogens is 204 g/mol. The van der Waals surface area contributed by atoms with Gasteiger partial charge < -0.3 is 9.47 Å². The van der Waals surface area contributed by atoms with Crippen molar-refractivity contribution >= 4 is 17.8 Å². The first-order chi connectivity index (χ1) is 6.70. The number of rotatable bonds is 7. The number of hydrogen-bond donors (Lipinski definition) is 0. The molecule has 0 spiro atoms. The summed E-state index contributed by atoms with van der Waals surface area (Å²) in [5, 5.41) is 0. The number of alkyl halides is 1. The van der Waals surface area contributed by atoms with Gasteiger partial charge in [-0.1, -0.05) is 37.8 Å². The van der Waals surface area contributed by atoms with Gasteiger partial charge in [0, 0.05) is 0 Å². The molecule has 0 saturated heterocycles. The Morgan fingerprint density at radius 1 is 1.36 bits per heavy atom. The van der Waals surface area contributed by atoms with Gasteiger partial charge in [0.05, 0.1) is 0 Å². The molecule has 0 aliphatic rings. The summed E-state index contributed by atoms with van der Waals surface area (Å²) in [6, 6.07) is -0.151. The number of carbonyl (C=O) groups excluding carboxylic acids is 1. The molecule has 0 fully saturated rings. The summed E-state index contributed by atoms with van der Waals surface area (Å²) >= 11 is 5.20. The van der Waals surface area contributed by atoms with Crippen LogP contribution < -0.4 is 0 Å². The molecule has 0 aromatic heterocycles. The number of unbranched alkanes of at least 4 members (excludes halogenated alkanes) is 3. The minimum atomic E-state index is -0.678. The van der Waals surface area contributed by atoms with Crippen LogP contribution in [0.1, 0.15) is 46.0 Å². The van der Waals surface area contributed by atoms with Gasteiger partial charge in [-0.05, 0) is 19.8 Å². The van der Waals surface area contributed by atoms with E-state index in [4.69, 9.17) is 16.3 Å². The van der Waals surface area contributed by atoms with Gasteiger partial charge in [-0.2, -0.15) is 0 Å². The molecule has 3 nitrogen and oxygen atoms in total. The lowest BCUT2D eigenvalue weighted by molar-refractivity contribution is 0.0358. The van der Waals surface area contributed by atoms with Gasteiger partial charge in [-0.25, -0.2) is 4.79 Å². The summed E-state index contributed by atoms with van der Waals surface area (Å²) in [7, 11) is 0. The molecule has 1 atom stereocenters. The molecular formula is C10H19ClO3. The zero-order chi connectivity index (χ0) is 10.8. The Hall–Kier alpha value is -0.440. The van der Waals surface area contributed by atoms with Crippen molar-refractivity contribution in [2.45, 2.75) is 52.1 Å². The Balaban J connectivity index is 3.35. The highest BCUT2D eigenvalue weighted by Gasteiger charge is 2.09. The minimum absolute atomic E-state index is 0.0810. The summed E-state index contributed by atoms with van der Waals surface area (Å²) in [5.41, 5.74) is 0. The van der Waals surface area contributed by atoms with Crippen LogP contribution in [-0.4, -0.2) is 18.3 Å². The van der Waals surface area contributed by atoms with E-state index in [1.54, 1.807) is 0 Å². The van der Waals surface area contributed by atoms with Crippen LogP contribution in [0.4, 0.5) is 4.79 Å². The molecule has 0 radical (unpaired) electrons. The van der Waals surface area contributed by atoms with Gasteiger partial charge in [-0.3, -0.25) is 0 Å². The van der Waals surface area contributed by atoms with Crippen LogP contribution in [0.5, 0.6) is 0 Å². The van der Waals surface area contributed by atoms with Crippen LogP contribution in [0.15, 0.2) is 0 Å². The van der Waals surface area contributed by atoms with Gasteiger partial charge in [0.1, 0.15) is 6.10 Å². The molecule has 0 N–H and O–H groups in total. The Bertz CT molecular complexity index is 150. The molecule has 0 amide bonds. The van der Waals surface area contributed by atoms with Crippen LogP contribution in [-0.2, 0) is 9.47 Å². The maximum Gasteiger partial charge on any atom is 0.509 e. The highest BCUT2D eigenvalue weighted by atomic mass is 35.5. The second kappa shape index (κ2) is 9.13. The first-order valence-corrected chi connectivity index (χ1v) is 5.63. The lowest BCUT2D eigenvalue weighted by Gasteiger charge is -2.11. The van der Waals surface area contributed by atoms with E-state index >= 15 is 0 Å². The Morgan fingerprint density at radius 2 is 2.07 bits per heavy atom. The van der Waals surface area contributed by atoms with Crippen molar-refractivity contribution in [3.63, 3.8) is 0 Å². The fourth-order valence-corrected chi connectivity index (χ4v) is 1.25. The number of halogens is 1. The molecule has 84 valence electrons. The van der Waals surface area contributed by atoms with Gasteiger partial charge in [-0.15, -0.1) is 0 Å². The van der Waals surface area contributed by atoms with Crippen molar-refractivity contribution in [3.8, 4) is 0 Å². The van der Waals surface area contributed by atoms with E-state index in [1.807, 2.05) is 6.92 Å². The monoisotopic (exact) mass is 222 g/mol. The second-order valence-electron chi connectivity index (χ2n) is 3.28. The van der Waals surface area contributed by atoms with Crippen molar-refractivity contribution in [1.82, 2.24) is 0 Å². The summed E-state index contributed by atoms with van der Waals surface area (Å²) < 4.78 is 9.37. The maximum atomic E-state index is 10.8. The molecule has 1 unspecified atom stereocenters. The number of ether oxygens (including phenoxy) is 2. The van der Waals surface area contributed by atoms with E-state index in [-0.39, 0.29) is 12.2 Å². The largest absolute Gasteiger partial charge is 0.509 e. The smallest absolute Gasteiger partial charge is 0.431 e. The average Bonchev–Trinajstić information content (AvgIpc) is 2.13. The van der Waals surface area contributed by atoms with Gasteiger partial charge >= 0.3 is 6.16 Å². The third-order valence-electron chi connectivity index (χ3n) is 1.93. The van der Waals surface area contributed by atoms with Gasteiger partial charge in [0.25, 0.3) is 0 Å². The predicted molar refractivity (Wildman–Crippen MR) is 56.5 cm³/mol. The topological polar surface area (TPSA) is 35.5 Å². The fourth-order valence-electron chi connectivity index (χ4n) is 1.16. The Labute approximate surface area is 90.7 Å². The highest BCUT2D eigenvalue weighted by Crippen LogP contribution is 2.08. The van der Waals surface area contributed by atoms with E-state index in [0.717, 1.165) is 12.8 Å². The van der Waals surface area contributed by atoms with Crippen molar-refractivity contribution in [2.75, 3.05) is 6.07 Å². The first-order valence-electron chi connectivity index (χ1n) is 5.10. The van der Waals surface area contributed by atoms with Crippen molar-refractivity contribution < 1.29 is 14.3 Å². The molecule has 0 aliphatic carbocycles. The maximum absolute atomic E-state index is 10.8. The predicted octanol–water partition coefficient (Wildman–Crippen LogP) is 3.69. The molecule has 0 bridgehead atoms. The van der Waals surface area contributed by atoms with E-state index in [2.05, 4.69) is 11.7 Å². The SMILES string of the molecule is CCCCCCC(C)OC(=O)OCCl. The average molecular weight is 223 g/mol. The molecule has 0 heterocycles.